The van der Waals surface area contributed by atoms with Gasteiger partial charge < -0.3 is 9.73 Å². The zero-order chi connectivity index (χ0) is 15.5. The molecular weight excluding hydrogens is 368 g/mol. The number of hydrogen-bond donors (Lipinski definition) is 1. The summed E-state index contributed by atoms with van der Waals surface area (Å²) in [6.45, 7) is 0. The third-order valence-corrected chi connectivity index (χ3v) is 3.85. The molecule has 0 spiro atoms. The number of carbonyl (C=O) groups is 1. The molecule has 110 valence electrons. The van der Waals surface area contributed by atoms with Crippen molar-refractivity contribution < 1.29 is 9.21 Å². The van der Waals surface area contributed by atoms with Crippen LogP contribution < -0.4 is 5.32 Å². The highest BCUT2D eigenvalue weighted by atomic mass is 79.9. The van der Waals surface area contributed by atoms with Gasteiger partial charge in [0.05, 0.1) is 16.9 Å². The zero-order valence-corrected chi connectivity index (χ0v) is 13.6. The van der Waals surface area contributed by atoms with Crippen LogP contribution in [0.5, 0.6) is 0 Å². The molecule has 0 aliphatic rings. The van der Waals surface area contributed by atoms with Crippen molar-refractivity contribution in [3.63, 3.8) is 0 Å². The predicted molar refractivity (Wildman–Crippen MR) is 89.0 cm³/mol. The van der Waals surface area contributed by atoms with Gasteiger partial charge in [-0.25, -0.2) is 4.98 Å². The van der Waals surface area contributed by atoms with Crippen molar-refractivity contribution in [3.05, 3.63) is 70.1 Å². The van der Waals surface area contributed by atoms with E-state index in [4.69, 9.17) is 16.0 Å². The van der Waals surface area contributed by atoms with Crippen LogP contribution in [0.25, 0.3) is 11.3 Å². The third kappa shape index (κ3) is 3.21. The van der Waals surface area contributed by atoms with Crippen molar-refractivity contribution in [3.8, 4) is 11.3 Å². The van der Waals surface area contributed by atoms with Crippen LogP contribution in [0.4, 0.5) is 5.69 Å². The number of nitrogens with one attached hydrogen (secondary N) is 1. The van der Waals surface area contributed by atoms with Gasteiger partial charge in [-0.05, 0) is 30.3 Å². The normalized spacial score (nSPS) is 10.5. The lowest BCUT2D eigenvalue weighted by atomic mass is 10.1. The number of benzene rings is 2. The molecule has 0 fully saturated rings. The van der Waals surface area contributed by atoms with Gasteiger partial charge in [-0.2, -0.15) is 0 Å². The lowest BCUT2D eigenvalue weighted by molar-refractivity contribution is 0.102. The van der Waals surface area contributed by atoms with E-state index in [1.165, 1.54) is 6.39 Å². The molecule has 3 rings (SSSR count). The quantitative estimate of drug-likeness (QED) is 0.698. The van der Waals surface area contributed by atoms with Crippen molar-refractivity contribution in [1.82, 2.24) is 4.98 Å². The average Bonchev–Trinajstić information content (AvgIpc) is 3.04. The topological polar surface area (TPSA) is 55.1 Å². The molecule has 0 atom stereocenters. The van der Waals surface area contributed by atoms with Crippen LogP contribution in [0.3, 0.4) is 0 Å². The molecule has 0 bridgehead atoms. The summed E-state index contributed by atoms with van der Waals surface area (Å²) < 4.78 is 6.06. The molecule has 3 aromatic rings. The number of oxazole rings is 1. The summed E-state index contributed by atoms with van der Waals surface area (Å²) in [4.78, 5) is 16.1. The second-order valence-electron chi connectivity index (χ2n) is 4.52. The monoisotopic (exact) mass is 376 g/mol. The summed E-state index contributed by atoms with van der Waals surface area (Å²) in [7, 11) is 0. The van der Waals surface area contributed by atoms with E-state index in [1.54, 1.807) is 42.6 Å². The highest BCUT2D eigenvalue weighted by Crippen LogP contribution is 2.26. The van der Waals surface area contributed by atoms with Crippen molar-refractivity contribution >= 4 is 39.1 Å². The number of hydrogen-bond acceptors (Lipinski definition) is 3. The summed E-state index contributed by atoms with van der Waals surface area (Å²) in [6, 6.07) is 12.3. The van der Waals surface area contributed by atoms with Crippen LogP contribution in [0.2, 0.25) is 5.02 Å². The average molecular weight is 378 g/mol. The smallest absolute Gasteiger partial charge is 0.255 e. The molecule has 1 aromatic heterocycles. The van der Waals surface area contributed by atoms with E-state index in [0.717, 1.165) is 10.0 Å². The van der Waals surface area contributed by atoms with E-state index in [9.17, 15) is 4.79 Å². The fourth-order valence-corrected chi connectivity index (χ4v) is 2.65. The van der Waals surface area contributed by atoms with Crippen LogP contribution in [0.15, 0.2) is 63.9 Å². The van der Waals surface area contributed by atoms with Crippen LogP contribution in [0, 0.1) is 0 Å². The van der Waals surface area contributed by atoms with Gasteiger partial charge in [-0.1, -0.05) is 39.7 Å². The van der Waals surface area contributed by atoms with Crippen molar-refractivity contribution in [1.29, 1.82) is 0 Å². The van der Waals surface area contributed by atoms with E-state index in [2.05, 4.69) is 26.2 Å². The molecule has 0 aliphatic carbocycles. The van der Waals surface area contributed by atoms with Crippen LogP contribution >= 0.6 is 27.5 Å². The number of aromatic nitrogens is 1. The Morgan fingerprint density at radius 2 is 1.95 bits per heavy atom. The fraction of sp³-hybridized carbons (Fsp3) is 0. The van der Waals surface area contributed by atoms with Crippen LogP contribution in [0.1, 0.15) is 10.4 Å². The number of carbonyl (C=O) groups excluding carboxylic acids is 1. The van der Waals surface area contributed by atoms with Gasteiger partial charge in [0, 0.05) is 15.6 Å². The number of rotatable bonds is 3. The maximum atomic E-state index is 12.2. The molecule has 4 nitrogen and oxygen atoms in total. The minimum Gasteiger partial charge on any atom is -0.444 e. The first-order valence-corrected chi connectivity index (χ1v) is 7.56. The lowest BCUT2D eigenvalue weighted by Crippen LogP contribution is -2.12. The van der Waals surface area contributed by atoms with Crippen molar-refractivity contribution in [2.24, 2.45) is 0 Å². The SMILES string of the molecule is O=C(Nc1ccc(Br)cc1Cl)c1ccc(-c2cnco2)cc1. The molecule has 6 heteroatoms. The Balaban J connectivity index is 1.77. The number of anilines is 1. The van der Waals surface area contributed by atoms with Gasteiger partial charge in [-0.3, -0.25) is 4.79 Å². The summed E-state index contributed by atoms with van der Waals surface area (Å²) in [5, 5.41) is 3.25. The fourth-order valence-electron chi connectivity index (χ4n) is 1.93. The van der Waals surface area contributed by atoms with E-state index in [-0.39, 0.29) is 5.91 Å². The van der Waals surface area contributed by atoms with Gasteiger partial charge in [0.15, 0.2) is 12.2 Å². The summed E-state index contributed by atoms with van der Waals surface area (Å²) >= 11 is 9.41. The maximum Gasteiger partial charge on any atom is 0.255 e. The van der Waals surface area contributed by atoms with Crippen LogP contribution in [-0.4, -0.2) is 10.9 Å². The molecule has 1 amide bonds. The predicted octanol–water partition coefficient (Wildman–Crippen LogP) is 5.01. The number of nitrogens with zero attached hydrogens (tertiary/aromatic N) is 1. The first-order chi connectivity index (χ1) is 10.6. The summed E-state index contributed by atoms with van der Waals surface area (Å²) in [5.41, 5.74) is 1.95. The van der Waals surface area contributed by atoms with Gasteiger partial charge in [0.1, 0.15) is 0 Å². The summed E-state index contributed by atoms with van der Waals surface area (Å²) in [6.07, 6.45) is 2.99. The molecule has 2 aromatic carbocycles. The molecule has 0 unspecified atom stereocenters. The molecule has 0 radical (unpaired) electrons. The Morgan fingerprint density at radius 3 is 2.59 bits per heavy atom. The van der Waals surface area contributed by atoms with Gasteiger partial charge in [0.25, 0.3) is 5.91 Å². The molecule has 0 saturated carbocycles. The zero-order valence-electron chi connectivity index (χ0n) is 11.2. The molecule has 0 aliphatic heterocycles. The van der Waals surface area contributed by atoms with Gasteiger partial charge >= 0.3 is 0 Å². The van der Waals surface area contributed by atoms with Crippen molar-refractivity contribution in [2.75, 3.05) is 5.32 Å². The standard InChI is InChI=1S/C16H10BrClN2O2/c17-12-5-6-14(13(18)7-12)20-16(21)11-3-1-10(2-4-11)15-8-19-9-22-15/h1-9H,(H,20,21). The molecule has 0 saturated heterocycles. The first-order valence-electron chi connectivity index (χ1n) is 6.39. The summed E-state index contributed by atoms with van der Waals surface area (Å²) in [5.74, 6) is 0.427. The largest absolute Gasteiger partial charge is 0.444 e. The number of amides is 1. The highest BCUT2D eigenvalue weighted by molar-refractivity contribution is 9.10. The van der Waals surface area contributed by atoms with Crippen molar-refractivity contribution in [2.45, 2.75) is 0 Å². The Bertz CT molecular complexity index is 802. The van der Waals surface area contributed by atoms with Gasteiger partial charge in [-0.15, -0.1) is 0 Å². The van der Waals surface area contributed by atoms with E-state index < -0.39 is 0 Å². The Labute approximate surface area is 140 Å². The lowest BCUT2D eigenvalue weighted by Gasteiger charge is -2.08. The van der Waals surface area contributed by atoms with E-state index in [1.807, 2.05) is 6.07 Å². The third-order valence-electron chi connectivity index (χ3n) is 3.04. The first kappa shape index (κ1) is 14.8. The Morgan fingerprint density at radius 1 is 1.18 bits per heavy atom. The van der Waals surface area contributed by atoms with E-state index >= 15 is 0 Å². The molecular formula is C16H10BrClN2O2. The molecule has 1 heterocycles. The highest BCUT2D eigenvalue weighted by Gasteiger charge is 2.10. The second-order valence-corrected chi connectivity index (χ2v) is 5.84. The minimum atomic E-state index is -0.228. The second kappa shape index (κ2) is 6.34. The Kier molecular flexibility index (Phi) is 4.27. The minimum absolute atomic E-state index is 0.228. The molecule has 22 heavy (non-hydrogen) atoms. The molecule has 1 N–H and O–H groups in total. The van der Waals surface area contributed by atoms with Crippen LogP contribution in [-0.2, 0) is 0 Å². The Hall–Kier alpha value is -2.11. The number of halogens is 2. The van der Waals surface area contributed by atoms with Gasteiger partial charge in [0.2, 0.25) is 0 Å². The maximum absolute atomic E-state index is 12.2. The van der Waals surface area contributed by atoms with E-state index in [0.29, 0.717) is 22.0 Å².